The second-order valence-corrected chi connectivity index (χ2v) is 4.91. The van der Waals surface area contributed by atoms with Crippen molar-refractivity contribution in [2.75, 3.05) is 0 Å². The third-order valence-corrected chi connectivity index (χ3v) is 3.15. The van der Waals surface area contributed by atoms with E-state index in [-0.39, 0.29) is 0 Å². The van der Waals surface area contributed by atoms with Crippen molar-refractivity contribution in [2.24, 2.45) is 7.05 Å². The number of unbranched alkanes of at least 4 members (excludes halogenated alkanes) is 5. The molecule has 0 bridgehead atoms. The van der Waals surface area contributed by atoms with Gasteiger partial charge in [-0.15, -0.1) is 0 Å². The molecule has 0 saturated carbocycles. The molecule has 20 heavy (non-hydrogen) atoms. The molecule has 2 nitrogen and oxygen atoms in total. The normalized spacial score (nSPS) is 11.2. The van der Waals surface area contributed by atoms with Crippen LogP contribution in [0.15, 0.2) is 12.4 Å². The van der Waals surface area contributed by atoms with Gasteiger partial charge in [-0.1, -0.05) is 32.6 Å². The molecule has 1 aromatic rings. The lowest BCUT2D eigenvalue weighted by Crippen LogP contribution is -2.29. The fraction of sp³-hybridized carbons (Fsp3) is 0.769. The first-order chi connectivity index (χ1) is 9.25. The van der Waals surface area contributed by atoms with Crippen molar-refractivity contribution in [3.05, 3.63) is 18.2 Å². The van der Waals surface area contributed by atoms with Crippen LogP contribution in [0.4, 0.5) is 17.3 Å². The Labute approximate surface area is 118 Å². The first kappa shape index (κ1) is 19.0. The summed E-state index contributed by atoms with van der Waals surface area (Å²) in [6.45, 7) is 5.62. The van der Waals surface area contributed by atoms with Gasteiger partial charge in [-0.05, 0) is 12.8 Å². The van der Waals surface area contributed by atoms with Crippen LogP contribution in [0.5, 0.6) is 0 Å². The minimum atomic E-state index is -6.00. The third kappa shape index (κ3) is 10.9. The molecular formula is C13H25BF4N2. The zero-order valence-corrected chi connectivity index (χ0v) is 12.6. The number of aromatic nitrogens is 2. The molecule has 7 heteroatoms. The molecule has 1 heterocycles. The van der Waals surface area contributed by atoms with Crippen LogP contribution < -0.4 is 4.57 Å². The van der Waals surface area contributed by atoms with Gasteiger partial charge in [-0.3, -0.25) is 0 Å². The zero-order chi connectivity index (χ0) is 15.6. The molecule has 0 amide bonds. The minimum absolute atomic E-state index is 1.18. The fourth-order valence-electron chi connectivity index (χ4n) is 1.90. The van der Waals surface area contributed by atoms with Crippen LogP contribution in [0.25, 0.3) is 0 Å². The Balaban J connectivity index is 0.000000621. The van der Waals surface area contributed by atoms with Gasteiger partial charge in [-0.2, -0.15) is 0 Å². The molecular weight excluding hydrogens is 271 g/mol. The van der Waals surface area contributed by atoms with E-state index >= 15 is 0 Å². The SMILES string of the molecule is CCCCCCCCn1cc[n+](C)c1C.F[B-](F)(F)F. The van der Waals surface area contributed by atoms with Gasteiger partial charge in [0, 0.05) is 6.92 Å². The maximum absolute atomic E-state index is 9.75. The molecule has 0 aromatic carbocycles. The van der Waals surface area contributed by atoms with Gasteiger partial charge < -0.3 is 17.3 Å². The van der Waals surface area contributed by atoms with Crippen molar-refractivity contribution >= 4 is 7.25 Å². The lowest BCUT2D eigenvalue weighted by molar-refractivity contribution is -0.677. The molecule has 0 aliphatic carbocycles. The van der Waals surface area contributed by atoms with E-state index in [1.165, 1.54) is 50.9 Å². The number of rotatable bonds is 7. The Kier molecular flexibility index (Phi) is 9.34. The Morgan fingerprint density at radius 2 is 1.55 bits per heavy atom. The van der Waals surface area contributed by atoms with Crippen LogP contribution in [0.3, 0.4) is 0 Å². The van der Waals surface area contributed by atoms with E-state index in [4.69, 9.17) is 0 Å². The highest BCUT2D eigenvalue weighted by Crippen LogP contribution is 2.07. The molecule has 0 saturated heterocycles. The van der Waals surface area contributed by atoms with Gasteiger partial charge in [0.2, 0.25) is 0 Å². The Morgan fingerprint density at radius 1 is 1.05 bits per heavy atom. The lowest BCUT2D eigenvalue weighted by atomic mass is 10.1. The number of halogens is 4. The van der Waals surface area contributed by atoms with Crippen LogP contribution in [0, 0.1) is 6.92 Å². The summed E-state index contributed by atoms with van der Waals surface area (Å²) in [6, 6.07) is 0. The average Bonchev–Trinajstić information content (AvgIpc) is 2.63. The summed E-state index contributed by atoms with van der Waals surface area (Å²) in [7, 11) is -3.90. The molecule has 1 aromatic heterocycles. The standard InChI is InChI=1S/C13H25N2.BF4/c1-4-5-6-7-8-9-10-15-12-11-14(3)13(15)2;2-1(3,4)5/h11-12H,4-10H2,1-3H3;/q+1;-1. The summed E-state index contributed by atoms with van der Waals surface area (Å²) >= 11 is 0. The molecule has 0 aliphatic rings. The second-order valence-electron chi connectivity index (χ2n) is 4.91. The van der Waals surface area contributed by atoms with Crippen molar-refractivity contribution in [1.82, 2.24) is 4.57 Å². The van der Waals surface area contributed by atoms with Crippen molar-refractivity contribution in [3.8, 4) is 0 Å². The molecule has 0 atom stereocenters. The molecule has 0 unspecified atom stereocenters. The van der Waals surface area contributed by atoms with E-state index in [0.717, 1.165) is 0 Å². The van der Waals surface area contributed by atoms with Gasteiger partial charge >= 0.3 is 7.25 Å². The summed E-state index contributed by atoms with van der Waals surface area (Å²) in [5, 5.41) is 0. The van der Waals surface area contributed by atoms with Gasteiger partial charge in [-0.25, -0.2) is 9.13 Å². The number of hydrogen-bond donors (Lipinski definition) is 0. The first-order valence-corrected chi connectivity index (χ1v) is 7.14. The predicted octanol–water partition coefficient (Wildman–Crippen LogP) is 4.28. The summed E-state index contributed by atoms with van der Waals surface area (Å²) in [4.78, 5) is 0. The molecule has 0 fully saturated rings. The van der Waals surface area contributed by atoms with Crippen LogP contribution in [0.1, 0.15) is 51.3 Å². The van der Waals surface area contributed by atoms with E-state index in [2.05, 4.69) is 42.4 Å². The van der Waals surface area contributed by atoms with E-state index in [0.29, 0.717) is 0 Å². The highest BCUT2D eigenvalue weighted by Gasteiger charge is 2.20. The van der Waals surface area contributed by atoms with Crippen molar-refractivity contribution in [1.29, 1.82) is 0 Å². The van der Waals surface area contributed by atoms with Crippen LogP contribution in [0.2, 0.25) is 0 Å². The van der Waals surface area contributed by atoms with Crippen molar-refractivity contribution < 1.29 is 21.8 Å². The summed E-state index contributed by atoms with van der Waals surface area (Å²) in [5.41, 5.74) is 0. The molecule has 0 aliphatic heterocycles. The summed E-state index contributed by atoms with van der Waals surface area (Å²) in [6.07, 6.45) is 12.6. The Bertz CT molecular complexity index is 358. The molecule has 0 spiro atoms. The van der Waals surface area contributed by atoms with Crippen molar-refractivity contribution in [3.63, 3.8) is 0 Å². The quantitative estimate of drug-likeness (QED) is 0.307. The smallest absolute Gasteiger partial charge is 0.418 e. The maximum atomic E-state index is 9.75. The third-order valence-electron chi connectivity index (χ3n) is 3.15. The minimum Gasteiger partial charge on any atom is -0.418 e. The second kappa shape index (κ2) is 9.83. The van der Waals surface area contributed by atoms with E-state index in [1.54, 1.807) is 0 Å². The fourth-order valence-corrected chi connectivity index (χ4v) is 1.90. The van der Waals surface area contributed by atoms with Gasteiger partial charge in [0.25, 0.3) is 5.82 Å². The monoisotopic (exact) mass is 296 g/mol. The summed E-state index contributed by atoms with van der Waals surface area (Å²) in [5.74, 6) is 1.35. The number of hydrogen-bond acceptors (Lipinski definition) is 0. The topological polar surface area (TPSA) is 8.81 Å². The van der Waals surface area contributed by atoms with Crippen LogP contribution in [-0.2, 0) is 13.6 Å². The van der Waals surface area contributed by atoms with E-state index in [1.807, 2.05) is 0 Å². The van der Waals surface area contributed by atoms with Crippen LogP contribution in [-0.4, -0.2) is 11.8 Å². The molecule has 0 radical (unpaired) electrons. The van der Waals surface area contributed by atoms with Gasteiger partial charge in [0.05, 0.1) is 13.6 Å². The van der Waals surface area contributed by atoms with E-state index in [9.17, 15) is 17.3 Å². The highest BCUT2D eigenvalue weighted by molar-refractivity contribution is 6.50. The molecule has 0 N–H and O–H groups in total. The largest absolute Gasteiger partial charge is 0.673 e. The molecule has 118 valence electrons. The number of nitrogens with zero attached hydrogens (tertiary/aromatic N) is 2. The number of aryl methyl sites for hydroxylation is 2. The first-order valence-electron chi connectivity index (χ1n) is 7.14. The summed E-state index contributed by atoms with van der Waals surface area (Å²) < 4.78 is 43.5. The van der Waals surface area contributed by atoms with E-state index < -0.39 is 7.25 Å². The highest BCUT2D eigenvalue weighted by atomic mass is 19.5. The zero-order valence-electron chi connectivity index (χ0n) is 12.6. The van der Waals surface area contributed by atoms with Crippen molar-refractivity contribution in [2.45, 2.75) is 58.9 Å². The van der Waals surface area contributed by atoms with Gasteiger partial charge in [0.15, 0.2) is 0 Å². The maximum Gasteiger partial charge on any atom is 0.673 e. The number of imidazole rings is 1. The van der Waals surface area contributed by atoms with Crippen LogP contribution >= 0.6 is 0 Å². The Morgan fingerprint density at radius 3 is 2.00 bits per heavy atom. The lowest BCUT2D eigenvalue weighted by Gasteiger charge is -2.00. The van der Waals surface area contributed by atoms with Gasteiger partial charge in [0.1, 0.15) is 12.4 Å². The average molecular weight is 296 g/mol. The predicted molar refractivity (Wildman–Crippen MR) is 73.9 cm³/mol. The Hall–Kier alpha value is -1.01. The molecule has 1 rings (SSSR count).